The number of benzene rings is 3. The molecular formula is C24H23NO3. The van der Waals surface area contributed by atoms with Gasteiger partial charge in [0.05, 0.1) is 20.3 Å². The monoisotopic (exact) mass is 373 g/mol. The van der Waals surface area contributed by atoms with E-state index in [1.54, 1.807) is 14.2 Å². The smallest absolute Gasteiger partial charge is 0.251 e. The van der Waals surface area contributed by atoms with Crippen molar-refractivity contribution in [3.63, 3.8) is 0 Å². The topological polar surface area (TPSA) is 47.6 Å². The quantitative estimate of drug-likeness (QED) is 0.716. The zero-order chi connectivity index (χ0) is 19.5. The number of nitrogens with one attached hydrogen (secondary N) is 1. The fourth-order valence-corrected chi connectivity index (χ4v) is 3.98. The predicted octanol–water partition coefficient (Wildman–Crippen LogP) is 4.51. The van der Waals surface area contributed by atoms with Gasteiger partial charge in [-0.25, -0.2) is 0 Å². The van der Waals surface area contributed by atoms with Crippen LogP contribution in [0.4, 0.5) is 0 Å². The van der Waals surface area contributed by atoms with Crippen LogP contribution in [0.15, 0.2) is 72.8 Å². The Morgan fingerprint density at radius 2 is 1.50 bits per heavy atom. The van der Waals surface area contributed by atoms with Crippen molar-refractivity contribution in [2.24, 2.45) is 0 Å². The Morgan fingerprint density at radius 3 is 2.14 bits per heavy atom. The zero-order valence-electron chi connectivity index (χ0n) is 16.0. The molecule has 4 nitrogen and oxygen atoms in total. The Bertz CT molecular complexity index is 970. The highest BCUT2D eigenvalue weighted by Gasteiger charge is 2.36. The molecular weight excluding hydrogens is 350 g/mol. The largest absolute Gasteiger partial charge is 0.493 e. The molecule has 2 unspecified atom stereocenters. The molecule has 1 aliphatic carbocycles. The van der Waals surface area contributed by atoms with Gasteiger partial charge in [-0.05, 0) is 47.4 Å². The van der Waals surface area contributed by atoms with Gasteiger partial charge in [-0.2, -0.15) is 0 Å². The lowest BCUT2D eigenvalue weighted by atomic mass is 9.92. The van der Waals surface area contributed by atoms with E-state index in [9.17, 15) is 4.79 Å². The summed E-state index contributed by atoms with van der Waals surface area (Å²) >= 11 is 0. The van der Waals surface area contributed by atoms with E-state index >= 15 is 0 Å². The molecule has 0 radical (unpaired) electrons. The highest BCUT2D eigenvalue weighted by atomic mass is 16.5. The number of ether oxygens (including phenoxy) is 2. The number of rotatable bonds is 5. The van der Waals surface area contributed by atoms with Crippen LogP contribution in [-0.4, -0.2) is 20.1 Å². The van der Waals surface area contributed by atoms with E-state index in [2.05, 4.69) is 17.4 Å². The average molecular weight is 373 g/mol. The van der Waals surface area contributed by atoms with Crippen molar-refractivity contribution in [1.82, 2.24) is 5.32 Å². The van der Waals surface area contributed by atoms with E-state index < -0.39 is 0 Å². The Balaban J connectivity index is 1.74. The second-order valence-electron chi connectivity index (χ2n) is 6.94. The highest BCUT2D eigenvalue weighted by Crippen LogP contribution is 2.46. The van der Waals surface area contributed by atoms with Crippen LogP contribution in [0.5, 0.6) is 11.5 Å². The molecule has 0 fully saturated rings. The van der Waals surface area contributed by atoms with Crippen LogP contribution in [0.2, 0.25) is 0 Å². The first-order valence-electron chi connectivity index (χ1n) is 9.37. The number of carbonyl (C=O) groups excluding carboxylic acids is 1. The standard InChI is InChI=1S/C24H23NO3/c1-27-21-14-18-13-19(16-9-5-3-6-10-16)23(20(18)15-22(21)28-2)25-24(26)17-11-7-4-8-12-17/h3-12,14-15,19,23H,13H2,1-2H3,(H,25,26). The van der Waals surface area contributed by atoms with E-state index in [1.807, 2.05) is 60.7 Å². The molecule has 2 atom stereocenters. The SMILES string of the molecule is COc1cc2c(cc1OC)C(NC(=O)c1ccccc1)C(c1ccccc1)C2. The van der Waals surface area contributed by atoms with Gasteiger partial charge in [0.25, 0.3) is 5.91 Å². The Kier molecular flexibility index (Phi) is 5.02. The van der Waals surface area contributed by atoms with Crippen LogP contribution in [0.25, 0.3) is 0 Å². The summed E-state index contributed by atoms with van der Waals surface area (Å²) in [6, 6.07) is 23.5. The molecule has 1 N–H and O–H groups in total. The van der Waals surface area contributed by atoms with Gasteiger partial charge in [-0.1, -0.05) is 48.5 Å². The van der Waals surface area contributed by atoms with Gasteiger partial charge in [0, 0.05) is 11.5 Å². The Hall–Kier alpha value is -3.27. The molecule has 0 saturated heterocycles. The summed E-state index contributed by atoms with van der Waals surface area (Å²) in [7, 11) is 3.27. The summed E-state index contributed by atoms with van der Waals surface area (Å²) in [5.74, 6) is 1.46. The fraction of sp³-hybridized carbons (Fsp3) is 0.208. The maximum absolute atomic E-state index is 12.9. The predicted molar refractivity (Wildman–Crippen MR) is 109 cm³/mol. The normalized spacial score (nSPS) is 17.6. The molecule has 142 valence electrons. The molecule has 28 heavy (non-hydrogen) atoms. The van der Waals surface area contributed by atoms with Crippen molar-refractivity contribution in [1.29, 1.82) is 0 Å². The Morgan fingerprint density at radius 1 is 0.893 bits per heavy atom. The first-order valence-corrected chi connectivity index (χ1v) is 9.37. The van der Waals surface area contributed by atoms with Gasteiger partial charge in [-0.15, -0.1) is 0 Å². The van der Waals surface area contributed by atoms with Gasteiger partial charge >= 0.3 is 0 Å². The van der Waals surface area contributed by atoms with Crippen LogP contribution in [-0.2, 0) is 6.42 Å². The van der Waals surface area contributed by atoms with Gasteiger partial charge < -0.3 is 14.8 Å². The van der Waals surface area contributed by atoms with Crippen molar-refractivity contribution in [2.75, 3.05) is 14.2 Å². The minimum absolute atomic E-state index is 0.0748. The van der Waals surface area contributed by atoms with E-state index in [1.165, 1.54) is 11.1 Å². The number of hydrogen-bond acceptors (Lipinski definition) is 3. The van der Waals surface area contributed by atoms with Crippen molar-refractivity contribution in [3.05, 3.63) is 95.1 Å². The molecule has 0 saturated carbocycles. The lowest BCUT2D eigenvalue weighted by Crippen LogP contribution is -2.30. The second-order valence-corrected chi connectivity index (χ2v) is 6.94. The first-order chi connectivity index (χ1) is 13.7. The molecule has 0 heterocycles. The first kappa shape index (κ1) is 18.1. The molecule has 4 heteroatoms. The highest BCUT2D eigenvalue weighted by molar-refractivity contribution is 5.94. The molecule has 3 aromatic rings. The van der Waals surface area contributed by atoms with Crippen LogP contribution in [0.1, 0.15) is 39.0 Å². The summed E-state index contributed by atoms with van der Waals surface area (Å²) in [6.45, 7) is 0. The van der Waals surface area contributed by atoms with E-state index in [0.29, 0.717) is 17.1 Å². The molecule has 4 rings (SSSR count). The Labute approximate surface area is 165 Å². The third-order valence-corrected chi connectivity index (χ3v) is 5.37. The number of carbonyl (C=O) groups is 1. The van der Waals surface area contributed by atoms with Gasteiger partial charge in [0.2, 0.25) is 0 Å². The molecule has 1 aliphatic rings. The lowest BCUT2D eigenvalue weighted by Gasteiger charge is -2.23. The van der Waals surface area contributed by atoms with Crippen molar-refractivity contribution >= 4 is 5.91 Å². The van der Waals surface area contributed by atoms with Crippen LogP contribution >= 0.6 is 0 Å². The molecule has 0 aliphatic heterocycles. The van der Waals surface area contributed by atoms with E-state index in [4.69, 9.17) is 9.47 Å². The third-order valence-electron chi connectivity index (χ3n) is 5.37. The van der Waals surface area contributed by atoms with E-state index in [0.717, 1.165) is 12.0 Å². The number of amides is 1. The maximum atomic E-state index is 12.9. The number of hydrogen-bond donors (Lipinski definition) is 1. The molecule has 1 amide bonds. The molecule has 0 bridgehead atoms. The third kappa shape index (κ3) is 3.33. The molecule has 0 aromatic heterocycles. The number of fused-ring (bicyclic) bond motifs is 1. The van der Waals surface area contributed by atoms with Crippen molar-refractivity contribution < 1.29 is 14.3 Å². The lowest BCUT2D eigenvalue weighted by molar-refractivity contribution is 0.0932. The minimum Gasteiger partial charge on any atom is -0.493 e. The molecule has 0 spiro atoms. The van der Waals surface area contributed by atoms with Crippen LogP contribution in [0, 0.1) is 0 Å². The van der Waals surface area contributed by atoms with Gasteiger partial charge in [-0.3, -0.25) is 4.79 Å². The summed E-state index contributed by atoms with van der Waals surface area (Å²) in [4.78, 5) is 12.9. The zero-order valence-corrected chi connectivity index (χ0v) is 16.0. The van der Waals surface area contributed by atoms with Gasteiger partial charge in [0.1, 0.15) is 0 Å². The van der Waals surface area contributed by atoms with E-state index in [-0.39, 0.29) is 17.9 Å². The molecule has 3 aromatic carbocycles. The van der Waals surface area contributed by atoms with Crippen molar-refractivity contribution in [3.8, 4) is 11.5 Å². The maximum Gasteiger partial charge on any atom is 0.251 e. The van der Waals surface area contributed by atoms with Crippen LogP contribution < -0.4 is 14.8 Å². The summed E-state index contributed by atoms with van der Waals surface area (Å²) in [6.07, 6.45) is 0.833. The van der Waals surface area contributed by atoms with Crippen LogP contribution in [0.3, 0.4) is 0 Å². The number of methoxy groups -OCH3 is 2. The van der Waals surface area contributed by atoms with Crippen molar-refractivity contribution in [2.45, 2.75) is 18.4 Å². The summed E-state index contributed by atoms with van der Waals surface area (Å²) < 4.78 is 11.0. The van der Waals surface area contributed by atoms with Gasteiger partial charge in [0.15, 0.2) is 11.5 Å². The average Bonchev–Trinajstić information content (AvgIpc) is 3.11. The minimum atomic E-state index is -0.134. The second kappa shape index (κ2) is 7.77. The fourth-order valence-electron chi connectivity index (χ4n) is 3.98. The summed E-state index contributed by atoms with van der Waals surface area (Å²) in [5.41, 5.74) is 4.11. The summed E-state index contributed by atoms with van der Waals surface area (Å²) in [5, 5.41) is 3.25.